The van der Waals surface area contributed by atoms with Crippen molar-refractivity contribution >= 4 is 15.5 Å². The topological polar surface area (TPSA) is 64.4 Å². The van der Waals surface area contributed by atoms with Crippen molar-refractivity contribution in [3.8, 4) is 11.1 Å². The van der Waals surface area contributed by atoms with Crippen molar-refractivity contribution in [3.05, 3.63) is 36.7 Å². The largest absolute Gasteiger partial charge is 0.378 e. The lowest BCUT2D eigenvalue weighted by Crippen LogP contribution is -2.36. The fourth-order valence-electron chi connectivity index (χ4n) is 2.72. The molecule has 0 amide bonds. The number of hydrogen-bond donors (Lipinski definition) is 0. The number of aryl methyl sites for hydroxylation is 1. The predicted molar refractivity (Wildman–Crippen MR) is 95.0 cm³/mol. The number of aromatic nitrogens is 2. The van der Waals surface area contributed by atoms with E-state index in [9.17, 15) is 8.42 Å². The van der Waals surface area contributed by atoms with Crippen molar-refractivity contribution in [2.75, 3.05) is 42.7 Å². The van der Waals surface area contributed by atoms with E-state index in [0.29, 0.717) is 6.54 Å². The highest BCUT2D eigenvalue weighted by atomic mass is 32.2. The lowest BCUT2D eigenvalue weighted by atomic mass is 10.1. The Bertz CT molecular complexity index is 780. The van der Waals surface area contributed by atoms with Crippen LogP contribution in [0.4, 0.5) is 5.69 Å². The summed E-state index contributed by atoms with van der Waals surface area (Å²) >= 11 is 0. The van der Waals surface area contributed by atoms with E-state index in [-0.39, 0.29) is 11.5 Å². The van der Waals surface area contributed by atoms with Gasteiger partial charge >= 0.3 is 0 Å². The summed E-state index contributed by atoms with van der Waals surface area (Å²) in [6.45, 7) is 5.37. The summed E-state index contributed by atoms with van der Waals surface area (Å²) < 4.78 is 30.3. The average Bonchev–Trinajstić information content (AvgIpc) is 3.10. The summed E-state index contributed by atoms with van der Waals surface area (Å²) in [7, 11) is -2.97. The monoisotopic (exact) mass is 349 g/mol. The van der Waals surface area contributed by atoms with Crippen molar-refractivity contribution in [2.45, 2.75) is 13.5 Å². The molecule has 0 bridgehead atoms. The smallest absolute Gasteiger partial charge is 0.151 e. The van der Waals surface area contributed by atoms with E-state index in [2.05, 4.69) is 22.1 Å². The SMILES string of the molecule is CCS(=O)(=O)CCn1cc(-c2cccc(N3CCOCC3)c2)cn1. The van der Waals surface area contributed by atoms with Crippen LogP contribution in [-0.2, 0) is 21.1 Å². The Kier molecular flexibility index (Phi) is 5.20. The predicted octanol–water partition coefficient (Wildman–Crippen LogP) is 1.82. The van der Waals surface area contributed by atoms with Gasteiger partial charge in [0.2, 0.25) is 0 Å². The molecular weight excluding hydrogens is 326 g/mol. The molecule has 24 heavy (non-hydrogen) atoms. The molecule has 0 saturated carbocycles. The van der Waals surface area contributed by atoms with Crippen LogP contribution in [0.1, 0.15) is 6.92 Å². The lowest BCUT2D eigenvalue weighted by molar-refractivity contribution is 0.122. The maximum absolute atomic E-state index is 11.6. The van der Waals surface area contributed by atoms with Crippen molar-refractivity contribution in [2.24, 2.45) is 0 Å². The zero-order chi connectivity index (χ0) is 17.0. The quantitative estimate of drug-likeness (QED) is 0.796. The molecule has 130 valence electrons. The van der Waals surface area contributed by atoms with E-state index in [1.165, 1.54) is 5.69 Å². The molecule has 7 heteroatoms. The Labute approximate surface area is 143 Å². The van der Waals surface area contributed by atoms with Crippen molar-refractivity contribution in [1.29, 1.82) is 0 Å². The summed E-state index contributed by atoms with van der Waals surface area (Å²) in [6, 6.07) is 8.34. The molecular formula is C17H23N3O3S. The standard InChI is InChI=1S/C17H23N3O3S/c1-2-24(21,22)11-8-20-14-16(13-18-20)15-4-3-5-17(12-15)19-6-9-23-10-7-19/h3-5,12-14H,2,6-11H2,1H3. The highest BCUT2D eigenvalue weighted by Crippen LogP contribution is 2.25. The first-order chi connectivity index (χ1) is 11.6. The molecule has 0 spiro atoms. The minimum absolute atomic E-state index is 0.123. The summed E-state index contributed by atoms with van der Waals surface area (Å²) in [4.78, 5) is 2.31. The number of morpholine rings is 1. The van der Waals surface area contributed by atoms with Crippen LogP contribution in [0.3, 0.4) is 0 Å². The summed E-state index contributed by atoms with van der Waals surface area (Å²) in [5, 5.41) is 4.29. The molecule has 1 aliphatic rings. The fraction of sp³-hybridized carbons (Fsp3) is 0.471. The van der Waals surface area contributed by atoms with Crippen LogP contribution < -0.4 is 4.90 Å². The maximum Gasteiger partial charge on any atom is 0.151 e. The normalized spacial score (nSPS) is 15.6. The number of benzene rings is 1. The zero-order valence-corrected chi connectivity index (χ0v) is 14.7. The molecule has 1 aliphatic heterocycles. The van der Waals surface area contributed by atoms with E-state index in [0.717, 1.165) is 37.4 Å². The van der Waals surface area contributed by atoms with E-state index in [1.54, 1.807) is 17.8 Å². The Hall–Kier alpha value is -1.86. The zero-order valence-electron chi connectivity index (χ0n) is 13.9. The Morgan fingerprint density at radius 3 is 2.75 bits per heavy atom. The van der Waals surface area contributed by atoms with Crippen LogP contribution in [0.2, 0.25) is 0 Å². The Morgan fingerprint density at radius 2 is 2.00 bits per heavy atom. The van der Waals surface area contributed by atoms with Crippen LogP contribution in [0.15, 0.2) is 36.7 Å². The summed E-state index contributed by atoms with van der Waals surface area (Å²) in [5.74, 6) is 0.293. The number of nitrogens with zero attached hydrogens (tertiary/aromatic N) is 3. The van der Waals surface area contributed by atoms with Gasteiger partial charge in [0.1, 0.15) is 0 Å². The molecule has 6 nitrogen and oxygen atoms in total. The van der Waals surface area contributed by atoms with Gasteiger partial charge in [-0.3, -0.25) is 4.68 Å². The van der Waals surface area contributed by atoms with Gasteiger partial charge in [-0.25, -0.2) is 8.42 Å². The minimum atomic E-state index is -2.97. The van der Waals surface area contributed by atoms with Crippen LogP contribution in [-0.4, -0.2) is 56.0 Å². The second-order valence-electron chi connectivity index (χ2n) is 5.88. The molecule has 1 saturated heterocycles. The third-order valence-corrected chi connectivity index (χ3v) is 5.94. The summed E-state index contributed by atoms with van der Waals surface area (Å²) in [6.07, 6.45) is 3.70. The fourth-order valence-corrected chi connectivity index (χ4v) is 3.47. The molecule has 2 heterocycles. The van der Waals surface area contributed by atoms with E-state index in [4.69, 9.17) is 4.74 Å². The van der Waals surface area contributed by atoms with E-state index < -0.39 is 9.84 Å². The molecule has 1 aromatic heterocycles. The van der Waals surface area contributed by atoms with Crippen LogP contribution >= 0.6 is 0 Å². The van der Waals surface area contributed by atoms with Gasteiger partial charge in [-0.1, -0.05) is 19.1 Å². The highest BCUT2D eigenvalue weighted by molar-refractivity contribution is 7.91. The number of ether oxygens (including phenoxy) is 1. The van der Waals surface area contributed by atoms with Gasteiger partial charge in [0.25, 0.3) is 0 Å². The molecule has 2 aromatic rings. The van der Waals surface area contributed by atoms with E-state index in [1.807, 2.05) is 18.3 Å². The van der Waals surface area contributed by atoms with Gasteiger partial charge in [-0.2, -0.15) is 5.10 Å². The summed E-state index contributed by atoms with van der Waals surface area (Å²) in [5.41, 5.74) is 3.26. The van der Waals surface area contributed by atoms with Gasteiger partial charge < -0.3 is 9.64 Å². The maximum atomic E-state index is 11.6. The average molecular weight is 349 g/mol. The number of rotatable bonds is 6. The first-order valence-corrected chi connectivity index (χ1v) is 10.1. The molecule has 3 rings (SSSR count). The molecule has 1 aromatic carbocycles. The first kappa shape index (κ1) is 17.0. The van der Waals surface area contributed by atoms with Crippen molar-refractivity contribution in [3.63, 3.8) is 0 Å². The Balaban J connectivity index is 1.73. The van der Waals surface area contributed by atoms with Gasteiger partial charge in [0.05, 0.1) is 31.7 Å². The molecule has 1 fully saturated rings. The van der Waals surface area contributed by atoms with Gasteiger partial charge in [0, 0.05) is 36.3 Å². The molecule has 0 atom stereocenters. The third kappa shape index (κ3) is 4.15. The Morgan fingerprint density at radius 1 is 1.21 bits per heavy atom. The number of sulfone groups is 1. The van der Waals surface area contributed by atoms with Crippen LogP contribution in [0.25, 0.3) is 11.1 Å². The minimum Gasteiger partial charge on any atom is -0.378 e. The van der Waals surface area contributed by atoms with Crippen LogP contribution in [0, 0.1) is 0 Å². The van der Waals surface area contributed by atoms with Crippen molar-refractivity contribution < 1.29 is 13.2 Å². The lowest BCUT2D eigenvalue weighted by Gasteiger charge is -2.29. The highest BCUT2D eigenvalue weighted by Gasteiger charge is 2.13. The molecule has 0 aliphatic carbocycles. The molecule has 0 N–H and O–H groups in total. The van der Waals surface area contributed by atoms with Crippen LogP contribution in [0.5, 0.6) is 0 Å². The van der Waals surface area contributed by atoms with Gasteiger partial charge in [-0.15, -0.1) is 0 Å². The molecule has 0 unspecified atom stereocenters. The van der Waals surface area contributed by atoms with Gasteiger partial charge in [-0.05, 0) is 17.7 Å². The number of hydrogen-bond acceptors (Lipinski definition) is 5. The second-order valence-corrected chi connectivity index (χ2v) is 8.35. The second kappa shape index (κ2) is 7.36. The number of anilines is 1. The molecule has 0 radical (unpaired) electrons. The van der Waals surface area contributed by atoms with E-state index >= 15 is 0 Å². The van der Waals surface area contributed by atoms with Crippen molar-refractivity contribution in [1.82, 2.24) is 9.78 Å². The third-order valence-electron chi connectivity index (χ3n) is 4.26. The van der Waals surface area contributed by atoms with Gasteiger partial charge in [0.15, 0.2) is 9.84 Å². The first-order valence-electron chi connectivity index (χ1n) is 8.23.